The second-order valence-electron chi connectivity index (χ2n) is 5.45. The fraction of sp³-hybridized carbons (Fsp3) is 0.100. The van der Waals surface area contributed by atoms with Crippen LogP contribution < -0.4 is 9.47 Å². The third kappa shape index (κ3) is 3.75. The van der Waals surface area contributed by atoms with Crippen LogP contribution in [0.3, 0.4) is 0 Å². The first-order valence-corrected chi connectivity index (χ1v) is 7.85. The summed E-state index contributed by atoms with van der Waals surface area (Å²) < 4.78 is 16.3. The van der Waals surface area contributed by atoms with Gasteiger partial charge in [-0.3, -0.25) is 10.1 Å². The predicted octanol–water partition coefficient (Wildman–Crippen LogP) is 5.04. The summed E-state index contributed by atoms with van der Waals surface area (Å²) in [5, 5.41) is 10.7. The van der Waals surface area contributed by atoms with E-state index >= 15 is 0 Å². The van der Waals surface area contributed by atoms with Crippen LogP contribution in [-0.4, -0.2) is 19.1 Å². The second kappa shape index (κ2) is 7.57. The highest BCUT2D eigenvalue weighted by molar-refractivity contribution is 5.70. The quantitative estimate of drug-likeness (QED) is 0.459. The number of non-ortho nitro benzene ring substituents is 1. The number of furan rings is 1. The van der Waals surface area contributed by atoms with Crippen LogP contribution in [0.25, 0.3) is 23.5 Å². The van der Waals surface area contributed by atoms with Crippen LogP contribution in [0.5, 0.6) is 11.5 Å². The number of nitro groups is 1. The van der Waals surface area contributed by atoms with Gasteiger partial charge in [-0.05, 0) is 48.0 Å². The molecule has 2 aromatic carbocycles. The highest BCUT2D eigenvalue weighted by Crippen LogP contribution is 2.29. The summed E-state index contributed by atoms with van der Waals surface area (Å²) in [4.78, 5) is 10.3. The van der Waals surface area contributed by atoms with Crippen molar-refractivity contribution in [2.45, 2.75) is 0 Å². The minimum absolute atomic E-state index is 0.0499. The third-order valence-corrected chi connectivity index (χ3v) is 3.84. The predicted molar refractivity (Wildman–Crippen MR) is 99.3 cm³/mol. The van der Waals surface area contributed by atoms with E-state index in [2.05, 4.69) is 0 Å². The Morgan fingerprint density at radius 3 is 2.31 bits per heavy atom. The summed E-state index contributed by atoms with van der Waals surface area (Å²) >= 11 is 0. The largest absolute Gasteiger partial charge is 0.493 e. The zero-order valence-electron chi connectivity index (χ0n) is 14.3. The molecule has 0 saturated carbocycles. The van der Waals surface area contributed by atoms with Crippen molar-refractivity contribution in [3.63, 3.8) is 0 Å². The fourth-order valence-electron chi connectivity index (χ4n) is 2.48. The molecule has 1 heterocycles. The monoisotopic (exact) mass is 351 g/mol. The lowest BCUT2D eigenvalue weighted by Gasteiger charge is -2.07. The topological polar surface area (TPSA) is 74.7 Å². The molecule has 0 bridgehead atoms. The Kier molecular flexibility index (Phi) is 5.03. The highest BCUT2D eigenvalue weighted by atomic mass is 16.6. The second-order valence-corrected chi connectivity index (χ2v) is 5.45. The molecule has 6 heteroatoms. The molecule has 3 aromatic rings. The van der Waals surface area contributed by atoms with Gasteiger partial charge in [0, 0.05) is 17.7 Å². The Bertz CT molecular complexity index is 941. The van der Waals surface area contributed by atoms with Gasteiger partial charge in [0.05, 0.1) is 19.1 Å². The molecule has 0 saturated heterocycles. The van der Waals surface area contributed by atoms with Crippen LogP contribution in [0, 0.1) is 10.1 Å². The van der Waals surface area contributed by atoms with Crippen molar-refractivity contribution in [2.75, 3.05) is 14.2 Å². The van der Waals surface area contributed by atoms with Gasteiger partial charge >= 0.3 is 0 Å². The van der Waals surface area contributed by atoms with Crippen molar-refractivity contribution >= 4 is 17.8 Å². The maximum atomic E-state index is 10.7. The van der Waals surface area contributed by atoms with Crippen molar-refractivity contribution in [1.29, 1.82) is 0 Å². The Hall–Kier alpha value is -3.54. The maximum Gasteiger partial charge on any atom is 0.269 e. The summed E-state index contributed by atoms with van der Waals surface area (Å²) in [5.74, 6) is 2.64. The molecule has 0 aliphatic carbocycles. The van der Waals surface area contributed by atoms with Crippen molar-refractivity contribution in [2.24, 2.45) is 0 Å². The van der Waals surface area contributed by atoms with Crippen molar-refractivity contribution < 1.29 is 18.8 Å². The summed E-state index contributed by atoms with van der Waals surface area (Å²) in [6.07, 6.45) is 3.75. The molecule has 0 aliphatic heterocycles. The number of benzene rings is 2. The van der Waals surface area contributed by atoms with E-state index < -0.39 is 4.92 Å². The molecule has 0 unspecified atom stereocenters. The normalized spacial score (nSPS) is 10.8. The minimum atomic E-state index is -0.427. The minimum Gasteiger partial charge on any atom is -0.493 e. The van der Waals surface area contributed by atoms with E-state index in [0.29, 0.717) is 23.0 Å². The molecule has 3 rings (SSSR count). The molecule has 0 fully saturated rings. The molecule has 1 aromatic heterocycles. The number of methoxy groups -OCH3 is 2. The summed E-state index contributed by atoms with van der Waals surface area (Å²) in [5.41, 5.74) is 1.77. The lowest BCUT2D eigenvalue weighted by atomic mass is 10.1. The lowest BCUT2D eigenvalue weighted by molar-refractivity contribution is -0.384. The number of hydrogen-bond donors (Lipinski definition) is 0. The Morgan fingerprint density at radius 1 is 0.923 bits per heavy atom. The molecule has 0 spiro atoms. The number of nitrogens with zero attached hydrogens (tertiary/aromatic N) is 1. The Labute approximate surface area is 150 Å². The van der Waals surface area contributed by atoms with E-state index in [-0.39, 0.29) is 5.69 Å². The van der Waals surface area contributed by atoms with Crippen LogP contribution in [0.2, 0.25) is 0 Å². The molecular weight excluding hydrogens is 334 g/mol. The summed E-state index contributed by atoms with van der Waals surface area (Å²) in [6, 6.07) is 15.5. The van der Waals surface area contributed by atoms with Crippen molar-refractivity contribution in [3.8, 4) is 22.8 Å². The Morgan fingerprint density at radius 2 is 1.65 bits per heavy atom. The van der Waals surface area contributed by atoms with Gasteiger partial charge in [-0.15, -0.1) is 0 Å². The number of ether oxygens (including phenoxy) is 2. The van der Waals surface area contributed by atoms with Gasteiger partial charge in [0.25, 0.3) is 5.69 Å². The Balaban J connectivity index is 1.77. The average molecular weight is 351 g/mol. The van der Waals surface area contributed by atoms with Crippen LogP contribution >= 0.6 is 0 Å². The first-order chi connectivity index (χ1) is 12.6. The van der Waals surface area contributed by atoms with Gasteiger partial charge in [-0.25, -0.2) is 0 Å². The number of hydrogen-bond acceptors (Lipinski definition) is 5. The molecular formula is C20H17NO5. The molecule has 0 N–H and O–H groups in total. The van der Waals surface area contributed by atoms with Gasteiger partial charge in [0.2, 0.25) is 0 Å². The van der Waals surface area contributed by atoms with E-state index in [1.807, 2.05) is 42.5 Å². The van der Waals surface area contributed by atoms with E-state index in [1.165, 1.54) is 12.1 Å². The molecule has 0 amide bonds. The molecule has 0 aliphatic rings. The zero-order valence-corrected chi connectivity index (χ0v) is 14.3. The molecule has 26 heavy (non-hydrogen) atoms. The first-order valence-electron chi connectivity index (χ1n) is 7.85. The van der Waals surface area contributed by atoms with E-state index in [9.17, 15) is 10.1 Å². The molecule has 0 atom stereocenters. The van der Waals surface area contributed by atoms with E-state index in [1.54, 1.807) is 26.4 Å². The van der Waals surface area contributed by atoms with E-state index in [4.69, 9.17) is 13.9 Å². The van der Waals surface area contributed by atoms with Crippen LogP contribution in [0.15, 0.2) is 59.0 Å². The van der Waals surface area contributed by atoms with Gasteiger partial charge in [0.1, 0.15) is 11.5 Å². The van der Waals surface area contributed by atoms with E-state index in [0.717, 1.165) is 11.1 Å². The van der Waals surface area contributed by atoms with Gasteiger partial charge in [0.15, 0.2) is 11.5 Å². The van der Waals surface area contributed by atoms with Crippen LogP contribution in [0.1, 0.15) is 11.3 Å². The average Bonchev–Trinajstić information content (AvgIpc) is 3.15. The van der Waals surface area contributed by atoms with Crippen molar-refractivity contribution in [3.05, 3.63) is 76.0 Å². The summed E-state index contributed by atoms with van der Waals surface area (Å²) in [7, 11) is 3.18. The number of nitro benzene ring substituents is 1. The lowest BCUT2D eigenvalue weighted by Crippen LogP contribution is -1.90. The van der Waals surface area contributed by atoms with Gasteiger partial charge < -0.3 is 13.9 Å². The fourth-order valence-corrected chi connectivity index (χ4v) is 2.48. The summed E-state index contributed by atoms with van der Waals surface area (Å²) in [6.45, 7) is 0. The van der Waals surface area contributed by atoms with Gasteiger partial charge in [-0.2, -0.15) is 0 Å². The smallest absolute Gasteiger partial charge is 0.269 e. The maximum absolute atomic E-state index is 10.7. The zero-order chi connectivity index (χ0) is 18.5. The van der Waals surface area contributed by atoms with Crippen molar-refractivity contribution in [1.82, 2.24) is 0 Å². The van der Waals surface area contributed by atoms with Gasteiger partial charge in [-0.1, -0.05) is 12.1 Å². The SMILES string of the molecule is COc1ccc(C=Cc2ccc(-c3ccc([N+](=O)[O-])cc3)o2)cc1OC. The standard InChI is InChI=1S/C20H17NO5/c1-24-19-11-4-14(13-20(19)25-2)3-9-17-10-12-18(26-17)15-5-7-16(8-6-15)21(22)23/h3-13H,1-2H3. The molecule has 132 valence electrons. The van der Waals surface area contributed by atoms with Crippen LogP contribution in [-0.2, 0) is 0 Å². The molecule has 0 radical (unpaired) electrons. The molecule has 6 nitrogen and oxygen atoms in total. The number of rotatable bonds is 6. The van der Waals surface area contributed by atoms with Crippen LogP contribution in [0.4, 0.5) is 5.69 Å². The first kappa shape index (κ1) is 17.3. The highest BCUT2D eigenvalue weighted by Gasteiger charge is 2.08. The third-order valence-electron chi connectivity index (χ3n) is 3.84.